The zero-order chi connectivity index (χ0) is 25.7. The number of H-pyrrole nitrogens is 1. The Morgan fingerprint density at radius 3 is 2.32 bits per heavy atom. The Labute approximate surface area is 211 Å². The number of anilines is 1. The molecule has 0 unspecified atom stereocenters. The number of rotatable bonds is 4. The van der Waals surface area contributed by atoms with Crippen LogP contribution in [0.2, 0.25) is 0 Å². The molecule has 1 aromatic heterocycles. The van der Waals surface area contributed by atoms with Crippen LogP contribution in [0.15, 0.2) is 64.5 Å². The van der Waals surface area contributed by atoms with Gasteiger partial charge in [0, 0.05) is 35.2 Å². The number of aromatic nitrogens is 2. The maximum Gasteiger partial charge on any atom is 0.282 e. The molecular formula is C28H24FN5O3. The minimum atomic E-state index is -0.540. The van der Waals surface area contributed by atoms with Crippen molar-refractivity contribution in [1.29, 1.82) is 0 Å². The summed E-state index contributed by atoms with van der Waals surface area (Å²) < 4.78 is 14.6. The minimum Gasteiger partial charge on any atom is -0.371 e. The predicted molar refractivity (Wildman–Crippen MR) is 139 cm³/mol. The Hall–Kier alpha value is -4.53. The summed E-state index contributed by atoms with van der Waals surface area (Å²) in [6, 6.07) is 14.6. The first-order valence-electron chi connectivity index (χ1n) is 12.2. The quantitative estimate of drug-likeness (QED) is 0.335. The number of nitrogens with zero attached hydrogens (tertiary/aromatic N) is 4. The summed E-state index contributed by atoms with van der Waals surface area (Å²) in [4.78, 5) is 42.1. The molecule has 3 aromatic carbocycles. The fraction of sp³-hybridized carbons (Fsp3) is 0.214. The molecule has 3 heterocycles. The first kappa shape index (κ1) is 22.9. The van der Waals surface area contributed by atoms with E-state index in [0.717, 1.165) is 42.0 Å². The highest BCUT2D eigenvalue weighted by molar-refractivity contribution is 6.26. The molecule has 0 atom stereocenters. The largest absolute Gasteiger partial charge is 0.371 e. The average molecular weight is 498 g/mol. The van der Waals surface area contributed by atoms with E-state index in [0.29, 0.717) is 27.9 Å². The molecule has 0 radical (unpaired) electrons. The van der Waals surface area contributed by atoms with Crippen LogP contribution in [-0.4, -0.2) is 45.9 Å². The molecule has 2 aliphatic rings. The topological polar surface area (TPSA) is 90.8 Å². The highest BCUT2D eigenvalue weighted by Crippen LogP contribution is 2.37. The third kappa shape index (κ3) is 3.74. The smallest absolute Gasteiger partial charge is 0.282 e. The van der Waals surface area contributed by atoms with E-state index < -0.39 is 23.2 Å². The van der Waals surface area contributed by atoms with Crippen molar-refractivity contribution in [2.24, 2.45) is 5.10 Å². The number of benzene rings is 3. The Kier molecular flexibility index (Phi) is 5.48. The molecule has 2 aliphatic heterocycles. The zero-order valence-electron chi connectivity index (χ0n) is 20.2. The van der Waals surface area contributed by atoms with Crippen molar-refractivity contribution in [2.45, 2.75) is 26.2 Å². The van der Waals surface area contributed by atoms with Gasteiger partial charge in [0.05, 0.1) is 28.6 Å². The van der Waals surface area contributed by atoms with Gasteiger partial charge in [-0.05, 0) is 68.7 Å². The molecule has 1 N–H and O–H groups in total. The van der Waals surface area contributed by atoms with Gasteiger partial charge in [-0.15, -0.1) is 0 Å². The van der Waals surface area contributed by atoms with Crippen molar-refractivity contribution in [1.82, 2.24) is 14.8 Å². The number of hydrazone groups is 1. The number of amides is 2. The third-order valence-electron chi connectivity index (χ3n) is 7.06. The molecule has 6 rings (SSSR count). The number of hydrogen-bond acceptors (Lipinski definition) is 5. The van der Waals surface area contributed by atoms with E-state index in [-0.39, 0.29) is 5.56 Å². The van der Waals surface area contributed by atoms with E-state index in [1.165, 1.54) is 41.6 Å². The molecule has 1 saturated heterocycles. The van der Waals surface area contributed by atoms with Gasteiger partial charge in [0.25, 0.3) is 17.4 Å². The summed E-state index contributed by atoms with van der Waals surface area (Å²) in [5.41, 5.74) is 2.53. The summed E-state index contributed by atoms with van der Waals surface area (Å²) in [5, 5.41) is 9.42. The molecule has 0 spiro atoms. The number of aryl methyl sites for hydroxylation is 1. The first-order chi connectivity index (χ1) is 17.9. The summed E-state index contributed by atoms with van der Waals surface area (Å²) in [6.07, 6.45) is 4.66. The lowest BCUT2D eigenvalue weighted by atomic mass is 9.93. The van der Waals surface area contributed by atoms with Gasteiger partial charge in [0.2, 0.25) is 0 Å². The lowest BCUT2D eigenvalue weighted by Gasteiger charge is -2.31. The van der Waals surface area contributed by atoms with E-state index in [1.54, 1.807) is 19.1 Å². The van der Waals surface area contributed by atoms with Crippen molar-refractivity contribution >= 4 is 34.5 Å². The van der Waals surface area contributed by atoms with Crippen molar-refractivity contribution in [3.8, 4) is 5.69 Å². The number of piperidine rings is 1. The number of imide groups is 1. The lowest BCUT2D eigenvalue weighted by Crippen LogP contribution is -2.37. The molecule has 186 valence electrons. The first-order valence-corrected chi connectivity index (χ1v) is 12.2. The predicted octanol–water partition coefficient (Wildman–Crippen LogP) is 4.39. The minimum absolute atomic E-state index is 0.189. The summed E-state index contributed by atoms with van der Waals surface area (Å²) in [6.45, 7) is 3.58. The van der Waals surface area contributed by atoms with E-state index in [2.05, 4.69) is 15.1 Å². The Balaban J connectivity index is 1.37. The normalized spacial score (nSPS) is 15.8. The standard InChI is InChI=1S/C28H24FN5O3/c1-17-23(28(37)33(31-17)19-10-8-18(29)9-11-19)16-30-34-26(35)21-7-5-6-20-24(32-14-3-2-4-15-32)13-12-22(25(20)21)27(34)36/h5-13,16,31H,2-4,14-15H2,1H3. The van der Waals surface area contributed by atoms with Crippen molar-refractivity contribution in [2.75, 3.05) is 18.0 Å². The number of carbonyl (C=O) groups excluding carboxylic acids is 2. The second kappa shape index (κ2) is 8.85. The fourth-order valence-electron chi connectivity index (χ4n) is 5.18. The SMILES string of the molecule is Cc1[nH]n(-c2ccc(F)cc2)c(=O)c1C=NN1C(=O)c2cccc3c(N4CCCCC4)ccc(c23)C1=O. The highest BCUT2D eigenvalue weighted by atomic mass is 19.1. The van der Waals surface area contributed by atoms with Gasteiger partial charge in [-0.25, -0.2) is 9.07 Å². The number of aromatic amines is 1. The Bertz CT molecular complexity index is 1620. The van der Waals surface area contributed by atoms with Gasteiger partial charge in [-0.3, -0.25) is 19.5 Å². The maximum atomic E-state index is 13.4. The van der Waals surface area contributed by atoms with E-state index in [4.69, 9.17) is 0 Å². The van der Waals surface area contributed by atoms with E-state index in [9.17, 15) is 18.8 Å². The van der Waals surface area contributed by atoms with Crippen LogP contribution >= 0.6 is 0 Å². The van der Waals surface area contributed by atoms with Gasteiger partial charge in [0.15, 0.2) is 0 Å². The molecule has 4 aromatic rings. The second-order valence-electron chi connectivity index (χ2n) is 9.34. The van der Waals surface area contributed by atoms with Crippen LogP contribution in [0.1, 0.15) is 51.2 Å². The Morgan fingerprint density at radius 1 is 0.892 bits per heavy atom. The lowest BCUT2D eigenvalue weighted by molar-refractivity contribution is 0.0616. The highest BCUT2D eigenvalue weighted by Gasteiger charge is 2.34. The van der Waals surface area contributed by atoms with Crippen LogP contribution in [0.5, 0.6) is 0 Å². The summed E-state index contributed by atoms with van der Waals surface area (Å²) in [7, 11) is 0. The maximum absolute atomic E-state index is 13.4. The van der Waals surface area contributed by atoms with Gasteiger partial charge in [0.1, 0.15) is 5.82 Å². The van der Waals surface area contributed by atoms with Crippen LogP contribution in [0.3, 0.4) is 0 Å². The van der Waals surface area contributed by atoms with Crippen molar-refractivity contribution in [3.63, 3.8) is 0 Å². The molecule has 2 amide bonds. The van der Waals surface area contributed by atoms with Crippen molar-refractivity contribution in [3.05, 3.63) is 93.2 Å². The molecule has 9 heteroatoms. The summed E-state index contributed by atoms with van der Waals surface area (Å²) in [5.74, 6) is -1.49. The van der Waals surface area contributed by atoms with Gasteiger partial charge in [-0.1, -0.05) is 12.1 Å². The average Bonchev–Trinajstić information content (AvgIpc) is 3.20. The molecule has 1 fully saturated rings. The molecule has 0 aliphatic carbocycles. The van der Waals surface area contributed by atoms with E-state index >= 15 is 0 Å². The zero-order valence-corrected chi connectivity index (χ0v) is 20.2. The number of hydrogen-bond donors (Lipinski definition) is 1. The molecule has 0 saturated carbocycles. The van der Waals surface area contributed by atoms with E-state index in [1.807, 2.05) is 18.2 Å². The molecule has 37 heavy (non-hydrogen) atoms. The number of halogens is 1. The third-order valence-corrected chi connectivity index (χ3v) is 7.06. The van der Waals surface area contributed by atoms with Crippen LogP contribution in [0.4, 0.5) is 10.1 Å². The monoisotopic (exact) mass is 497 g/mol. The van der Waals surface area contributed by atoms with Gasteiger partial charge >= 0.3 is 0 Å². The molecule has 0 bridgehead atoms. The van der Waals surface area contributed by atoms with Crippen LogP contribution < -0.4 is 10.5 Å². The van der Waals surface area contributed by atoms with Crippen LogP contribution in [0.25, 0.3) is 16.5 Å². The molecule has 8 nitrogen and oxygen atoms in total. The van der Waals surface area contributed by atoms with Gasteiger partial charge < -0.3 is 4.90 Å². The number of carbonyl (C=O) groups is 2. The van der Waals surface area contributed by atoms with Crippen LogP contribution in [-0.2, 0) is 0 Å². The molecular weight excluding hydrogens is 473 g/mol. The number of nitrogens with one attached hydrogen (secondary N) is 1. The van der Waals surface area contributed by atoms with Crippen LogP contribution in [0, 0.1) is 12.7 Å². The van der Waals surface area contributed by atoms with Crippen molar-refractivity contribution < 1.29 is 14.0 Å². The van der Waals surface area contributed by atoms with Gasteiger partial charge in [-0.2, -0.15) is 10.1 Å². The second-order valence-corrected chi connectivity index (χ2v) is 9.34. The Morgan fingerprint density at radius 2 is 1.59 bits per heavy atom. The summed E-state index contributed by atoms with van der Waals surface area (Å²) >= 11 is 0. The fourth-order valence-corrected chi connectivity index (χ4v) is 5.18.